The zero-order chi connectivity index (χ0) is 14.8. The summed E-state index contributed by atoms with van der Waals surface area (Å²) >= 11 is 5.95. The maximum absolute atomic E-state index is 5.95. The van der Waals surface area contributed by atoms with Crippen LogP contribution in [0.4, 0.5) is 0 Å². The minimum atomic E-state index is 0.436. The Labute approximate surface area is 129 Å². The van der Waals surface area contributed by atoms with Gasteiger partial charge in [-0.1, -0.05) is 32.0 Å². The molecule has 21 heavy (non-hydrogen) atoms. The number of hydrogen-bond donors (Lipinski definition) is 0. The average molecular weight is 300 g/mol. The van der Waals surface area contributed by atoms with E-state index < -0.39 is 0 Å². The number of hydrogen-bond acceptors (Lipinski definition) is 2. The van der Waals surface area contributed by atoms with E-state index in [4.69, 9.17) is 16.6 Å². The van der Waals surface area contributed by atoms with Gasteiger partial charge in [-0.15, -0.1) is 11.6 Å². The van der Waals surface area contributed by atoms with E-state index in [-0.39, 0.29) is 0 Å². The van der Waals surface area contributed by atoms with Crippen molar-refractivity contribution in [2.24, 2.45) is 0 Å². The predicted molar refractivity (Wildman–Crippen MR) is 87.4 cm³/mol. The Kier molecular flexibility index (Phi) is 3.93. The molecule has 3 aromatic rings. The number of fused-ring (bicyclic) bond motifs is 1. The van der Waals surface area contributed by atoms with Gasteiger partial charge in [-0.3, -0.25) is 4.57 Å². The molecule has 0 saturated heterocycles. The van der Waals surface area contributed by atoms with Gasteiger partial charge in [-0.05, 0) is 29.7 Å². The Hall–Kier alpha value is -1.87. The van der Waals surface area contributed by atoms with Crippen molar-refractivity contribution in [1.29, 1.82) is 0 Å². The van der Waals surface area contributed by atoms with Gasteiger partial charge in [0.25, 0.3) is 0 Å². The summed E-state index contributed by atoms with van der Waals surface area (Å²) in [5.74, 6) is 1.95. The summed E-state index contributed by atoms with van der Waals surface area (Å²) in [6, 6.07) is 12.3. The lowest BCUT2D eigenvalue weighted by atomic mass is 10.0. The number of nitrogens with zero attached hydrogens (tertiary/aromatic N) is 3. The summed E-state index contributed by atoms with van der Waals surface area (Å²) in [5, 5.41) is 0. The predicted octanol–water partition coefficient (Wildman–Crippen LogP) is 4.33. The summed E-state index contributed by atoms with van der Waals surface area (Å²) in [5.41, 5.74) is 4.24. The molecular weight excluding hydrogens is 282 g/mol. The Morgan fingerprint density at radius 3 is 2.71 bits per heavy atom. The molecule has 3 rings (SSSR count). The van der Waals surface area contributed by atoms with Gasteiger partial charge >= 0.3 is 0 Å². The van der Waals surface area contributed by atoms with Gasteiger partial charge in [0, 0.05) is 18.5 Å². The van der Waals surface area contributed by atoms with Crippen LogP contribution in [-0.4, -0.2) is 20.4 Å². The van der Waals surface area contributed by atoms with Crippen molar-refractivity contribution in [3.63, 3.8) is 0 Å². The summed E-state index contributed by atoms with van der Waals surface area (Å²) in [4.78, 5) is 9.21. The number of pyridine rings is 1. The molecule has 0 amide bonds. The van der Waals surface area contributed by atoms with Crippen LogP contribution in [0.2, 0.25) is 0 Å². The number of halogens is 1. The third kappa shape index (κ3) is 2.54. The molecule has 4 heteroatoms. The smallest absolute Gasteiger partial charge is 0.164 e. The van der Waals surface area contributed by atoms with Crippen molar-refractivity contribution in [2.75, 3.05) is 5.88 Å². The second-order valence-electron chi connectivity index (χ2n) is 5.36. The maximum Gasteiger partial charge on any atom is 0.164 e. The van der Waals surface area contributed by atoms with E-state index in [9.17, 15) is 0 Å². The zero-order valence-electron chi connectivity index (χ0n) is 12.3. The second-order valence-corrected chi connectivity index (χ2v) is 5.74. The molecule has 0 saturated carbocycles. The first-order chi connectivity index (χ1) is 10.2. The number of aromatic nitrogens is 3. The van der Waals surface area contributed by atoms with E-state index >= 15 is 0 Å². The van der Waals surface area contributed by atoms with Crippen molar-refractivity contribution in [3.8, 4) is 5.69 Å². The van der Waals surface area contributed by atoms with Crippen molar-refractivity contribution < 1.29 is 0 Å². The van der Waals surface area contributed by atoms with Gasteiger partial charge in [0.15, 0.2) is 5.65 Å². The molecule has 0 unspecified atom stereocenters. The van der Waals surface area contributed by atoms with Gasteiger partial charge < -0.3 is 0 Å². The summed E-state index contributed by atoms with van der Waals surface area (Å²) in [6.45, 7) is 4.40. The molecule has 0 aliphatic rings. The zero-order valence-corrected chi connectivity index (χ0v) is 13.0. The van der Waals surface area contributed by atoms with Crippen LogP contribution in [0.15, 0.2) is 42.6 Å². The highest BCUT2D eigenvalue weighted by Gasteiger charge is 2.16. The van der Waals surface area contributed by atoms with Gasteiger partial charge in [0.05, 0.1) is 5.69 Å². The van der Waals surface area contributed by atoms with E-state index in [1.165, 1.54) is 5.56 Å². The van der Waals surface area contributed by atoms with E-state index in [1.54, 1.807) is 0 Å². The quantitative estimate of drug-likeness (QED) is 0.672. The summed E-state index contributed by atoms with van der Waals surface area (Å²) in [6.07, 6.45) is 2.54. The minimum absolute atomic E-state index is 0.436. The Balaban J connectivity index is 2.31. The molecule has 0 radical (unpaired) electrons. The van der Waals surface area contributed by atoms with Crippen LogP contribution in [0.1, 0.15) is 31.2 Å². The van der Waals surface area contributed by atoms with Crippen LogP contribution in [-0.2, 0) is 6.42 Å². The van der Waals surface area contributed by atoms with Crippen LogP contribution >= 0.6 is 11.6 Å². The SMILES string of the molecule is CC(C)c1ccccc1-n1c(CCCl)nc2cccnc21. The van der Waals surface area contributed by atoms with Crippen molar-refractivity contribution >= 4 is 22.8 Å². The van der Waals surface area contributed by atoms with Crippen LogP contribution in [0, 0.1) is 0 Å². The molecule has 0 aliphatic carbocycles. The Morgan fingerprint density at radius 2 is 1.95 bits per heavy atom. The van der Waals surface area contributed by atoms with E-state index in [2.05, 4.69) is 47.7 Å². The first kappa shape index (κ1) is 14.1. The number of imidazole rings is 1. The van der Waals surface area contributed by atoms with Gasteiger partial charge in [0.1, 0.15) is 11.3 Å². The van der Waals surface area contributed by atoms with E-state index in [0.717, 1.165) is 29.1 Å². The monoisotopic (exact) mass is 299 g/mol. The third-order valence-electron chi connectivity index (χ3n) is 3.60. The van der Waals surface area contributed by atoms with Crippen LogP contribution in [0.5, 0.6) is 0 Å². The number of para-hydroxylation sites is 1. The topological polar surface area (TPSA) is 30.7 Å². The lowest BCUT2D eigenvalue weighted by molar-refractivity contribution is 0.829. The molecule has 0 atom stereocenters. The Bertz CT molecular complexity index is 762. The van der Waals surface area contributed by atoms with E-state index in [1.807, 2.05) is 18.3 Å². The molecular formula is C17H18ClN3. The fourth-order valence-electron chi connectivity index (χ4n) is 2.64. The molecule has 0 spiro atoms. The largest absolute Gasteiger partial charge is 0.280 e. The number of aryl methyl sites for hydroxylation is 1. The highest BCUT2D eigenvalue weighted by Crippen LogP contribution is 2.27. The molecule has 2 heterocycles. The first-order valence-corrected chi connectivity index (χ1v) is 7.73. The minimum Gasteiger partial charge on any atom is -0.280 e. The lowest BCUT2D eigenvalue weighted by Gasteiger charge is -2.15. The standard InChI is InChI=1S/C17H18ClN3/c1-12(2)13-6-3-4-8-15(13)21-16(9-10-18)20-14-7-5-11-19-17(14)21/h3-8,11-12H,9-10H2,1-2H3. The molecule has 2 aromatic heterocycles. The summed E-state index contributed by atoms with van der Waals surface area (Å²) < 4.78 is 2.15. The highest BCUT2D eigenvalue weighted by molar-refractivity contribution is 6.17. The second kappa shape index (κ2) is 5.86. The molecule has 0 bridgehead atoms. The van der Waals surface area contributed by atoms with Gasteiger partial charge in [0.2, 0.25) is 0 Å². The maximum atomic E-state index is 5.95. The van der Waals surface area contributed by atoms with Gasteiger partial charge in [-0.2, -0.15) is 0 Å². The molecule has 0 aliphatic heterocycles. The Morgan fingerprint density at radius 1 is 1.14 bits per heavy atom. The molecule has 108 valence electrons. The molecule has 0 N–H and O–H groups in total. The van der Waals surface area contributed by atoms with Crippen molar-refractivity contribution in [3.05, 3.63) is 54.0 Å². The van der Waals surface area contributed by atoms with Gasteiger partial charge in [-0.25, -0.2) is 9.97 Å². The number of benzene rings is 1. The highest BCUT2D eigenvalue weighted by atomic mass is 35.5. The number of rotatable bonds is 4. The molecule has 3 nitrogen and oxygen atoms in total. The normalized spacial score (nSPS) is 11.4. The molecule has 1 aromatic carbocycles. The lowest BCUT2D eigenvalue weighted by Crippen LogP contribution is -2.06. The van der Waals surface area contributed by atoms with E-state index in [0.29, 0.717) is 11.8 Å². The number of alkyl halides is 1. The average Bonchev–Trinajstić information content (AvgIpc) is 2.85. The summed E-state index contributed by atoms with van der Waals surface area (Å²) in [7, 11) is 0. The molecule has 0 fully saturated rings. The van der Waals surface area contributed by atoms with Crippen molar-refractivity contribution in [2.45, 2.75) is 26.2 Å². The van der Waals surface area contributed by atoms with Crippen LogP contribution in [0.25, 0.3) is 16.9 Å². The first-order valence-electron chi connectivity index (χ1n) is 7.20. The van der Waals surface area contributed by atoms with Crippen molar-refractivity contribution in [1.82, 2.24) is 14.5 Å². The van der Waals surface area contributed by atoms with Crippen LogP contribution < -0.4 is 0 Å². The third-order valence-corrected chi connectivity index (χ3v) is 3.79. The fraction of sp³-hybridized carbons (Fsp3) is 0.294. The fourth-order valence-corrected chi connectivity index (χ4v) is 2.81. The van der Waals surface area contributed by atoms with Crippen LogP contribution in [0.3, 0.4) is 0 Å².